The van der Waals surface area contributed by atoms with Gasteiger partial charge in [-0.25, -0.2) is 4.98 Å². The van der Waals surface area contributed by atoms with Crippen molar-refractivity contribution in [1.29, 1.82) is 0 Å². The number of nitro groups is 1. The van der Waals surface area contributed by atoms with E-state index < -0.39 is 28.0 Å². The van der Waals surface area contributed by atoms with Gasteiger partial charge in [-0.2, -0.15) is 13.2 Å². The molecule has 1 aromatic rings. The van der Waals surface area contributed by atoms with E-state index in [1.165, 1.54) is 0 Å². The highest BCUT2D eigenvalue weighted by molar-refractivity contribution is 5.78. The fraction of sp³-hybridized carbons (Fsp3) is 0.143. The summed E-state index contributed by atoms with van der Waals surface area (Å²) in [5.41, 5.74) is -2.85. The monoisotopic (exact) mass is 220 g/mol. The van der Waals surface area contributed by atoms with Crippen LogP contribution in [0.1, 0.15) is 16.1 Å². The van der Waals surface area contributed by atoms with Crippen molar-refractivity contribution < 1.29 is 22.9 Å². The summed E-state index contributed by atoms with van der Waals surface area (Å²) in [5.74, 6) is 0. The average Bonchev–Trinajstić information content (AvgIpc) is 2.15. The maximum absolute atomic E-state index is 12.1. The number of pyridine rings is 1. The third-order valence-corrected chi connectivity index (χ3v) is 1.53. The first-order valence-corrected chi connectivity index (χ1v) is 3.53. The number of aldehydes is 1. The van der Waals surface area contributed by atoms with Crippen molar-refractivity contribution in [2.75, 3.05) is 0 Å². The fourth-order valence-electron chi connectivity index (χ4n) is 0.856. The Morgan fingerprint density at radius 1 is 1.47 bits per heavy atom. The Labute approximate surface area is 80.7 Å². The lowest BCUT2D eigenvalue weighted by Gasteiger charge is -2.05. The molecular formula is C7H3F3N2O3. The van der Waals surface area contributed by atoms with Gasteiger partial charge in [0.2, 0.25) is 0 Å². The minimum atomic E-state index is -4.72. The average molecular weight is 220 g/mol. The van der Waals surface area contributed by atoms with Gasteiger partial charge in [-0.3, -0.25) is 14.9 Å². The molecule has 80 valence electrons. The van der Waals surface area contributed by atoms with E-state index in [0.717, 1.165) is 0 Å². The number of alkyl halides is 3. The second kappa shape index (κ2) is 3.64. The molecule has 15 heavy (non-hydrogen) atoms. The van der Waals surface area contributed by atoms with Crippen molar-refractivity contribution in [3.05, 3.63) is 33.6 Å². The van der Waals surface area contributed by atoms with Crippen molar-refractivity contribution >= 4 is 12.0 Å². The van der Waals surface area contributed by atoms with E-state index in [9.17, 15) is 28.1 Å². The van der Waals surface area contributed by atoms with E-state index in [2.05, 4.69) is 4.98 Å². The van der Waals surface area contributed by atoms with Crippen LogP contribution < -0.4 is 0 Å². The van der Waals surface area contributed by atoms with Gasteiger partial charge in [0.1, 0.15) is 0 Å². The molecular weight excluding hydrogens is 217 g/mol. The molecule has 0 saturated heterocycles. The lowest BCUT2D eigenvalue weighted by Crippen LogP contribution is -2.08. The predicted molar refractivity (Wildman–Crippen MR) is 41.3 cm³/mol. The Kier molecular flexibility index (Phi) is 2.69. The quantitative estimate of drug-likeness (QED) is 0.433. The zero-order chi connectivity index (χ0) is 11.6. The summed E-state index contributed by atoms with van der Waals surface area (Å²) < 4.78 is 36.3. The highest BCUT2D eigenvalue weighted by Crippen LogP contribution is 2.31. The zero-order valence-electron chi connectivity index (χ0n) is 6.99. The molecule has 1 rings (SSSR count). The van der Waals surface area contributed by atoms with Crippen LogP contribution in [0.4, 0.5) is 18.9 Å². The summed E-state index contributed by atoms with van der Waals surface area (Å²) >= 11 is 0. The maximum Gasteiger partial charge on any atom is 0.418 e. The summed E-state index contributed by atoms with van der Waals surface area (Å²) in [5, 5.41) is 10.3. The highest BCUT2D eigenvalue weighted by Gasteiger charge is 2.33. The van der Waals surface area contributed by atoms with Crippen molar-refractivity contribution in [1.82, 2.24) is 4.98 Å². The number of hydrogen-bond donors (Lipinski definition) is 0. The molecule has 0 aromatic carbocycles. The molecule has 0 radical (unpaired) electrons. The molecule has 0 bridgehead atoms. The lowest BCUT2D eigenvalue weighted by atomic mass is 10.2. The number of hydrogen-bond acceptors (Lipinski definition) is 4. The second-order valence-corrected chi connectivity index (χ2v) is 2.50. The molecule has 8 heteroatoms. The molecule has 1 aromatic heterocycles. The molecule has 0 unspecified atom stereocenters. The van der Waals surface area contributed by atoms with Crippen LogP contribution >= 0.6 is 0 Å². The minimum absolute atomic E-state index is 0.0261. The fourth-order valence-corrected chi connectivity index (χ4v) is 0.856. The topological polar surface area (TPSA) is 73.1 Å². The first-order chi connectivity index (χ1) is 6.86. The van der Waals surface area contributed by atoms with Gasteiger partial charge in [0.15, 0.2) is 12.0 Å². The van der Waals surface area contributed by atoms with E-state index in [-0.39, 0.29) is 12.4 Å². The number of aromatic nitrogens is 1. The Bertz CT molecular complexity index is 416. The van der Waals surface area contributed by atoms with E-state index in [0.29, 0.717) is 6.20 Å². The Morgan fingerprint density at radius 2 is 2.07 bits per heavy atom. The van der Waals surface area contributed by atoms with Gasteiger partial charge < -0.3 is 0 Å². The van der Waals surface area contributed by atoms with Crippen molar-refractivity contribution in [3.8, 4) is 0 Å². The highest BCUT2D eigenvalue weighted by atomic mass is 19.4. The smallest absolute Gasteiger partial charge is 0.296 e. The normalized spacial score (nSPS) is 11.1. The Balaban J connectivity index is 3.35. The first-order valence-electron chi connectivity index (χ1n) is 3.53. The van der Waals surface area contributed by atoms with Crippen LogP contribution in [0.15, 0.2) is 12.3 Å². The van der Waals surface area contributed by atoms with E-state index in [1.54, 1.807) is 0 Å². The van der Waals surface area contributed by atoms with E-state index >= 15 is 0 Å². The molecule has 0 fully saturated rings. The van der Waals surface area contributed by atoms with Crippen LogP contribution in [-0.2, 0) is 6.18 Å². The number of rotatable bonds is 2. The molecule has 0 amide bonds. The van der Waals surface area contributed by atoms with Gasteiger partial charge in [-0.05, 0) is 0 Å². The van der Waals surface area contributed by atoms with Crippen molar-refractivity contribution in [2.45, 2.75) is 6.18 Å². The number of halogens is 3. The van der Waals surface area contributed by atoms with Crippen LogP contribution in [0.5, 0.6) is 0 Å². The SMILES string of the molecule is O=Cc1ncc(C(F)(F)F)cc1[N+](=O)[O-]. The van der Waals surface area contributed by atoms with Gasteiger partial charge >= 0.3 is 6.18 Å². The predicted octanol–water partition coefficient (Wildman–Crippen LogP) is 1.82. The lowest BCUT2D eigenvalue weighted by molar-refractivity contribution is -0.385. The van der Waals surface area contributed by atoms with Crippen LogP contribution in [0.25, 0.3) is 0 Å². The molecule has 0 spiro atoms. The molecule has 0 aliphatic heterocycles. The summed E-state index contributed by atoms with van der Waals surface area (Å²) in [7, 11) is 0. The molecule has 0 atom stereocenters. The number of carbonyl (C=O) groups is 1. The van der Waals surface area contributed by atoms with Crippen LogP contribution in [0, 0.1) is 10.1 Å². The van der Waals surface area contributed by atoms with Gasteiger partial charge in [-0.1, -0.05) is 0 Å². The van der Waals surface area contributed by atoms with Gasteiger partial charge in [-0.15, -0.1) is 0 Å². The van der Waals surface area contributed by atoms with E-state index in [1.807, 2.05) is 0 Å². The molecule has 0 N–H and O–H groups in total. The van der Waals surface area contributed by atoms with Crippen LogP contribution in [0.3, 0.4) is 0 Å². The maximum atomic E-state index is 12.1. The standard InChI is InChI=1S/C7H3F3N2O3/c8-7(9,10)4-1-6(12(14)15)5(3-13)11-2-4/h1-3H. The molecule has 1 heterocycles. The summed E-state index contributed by atoms with van der Waals surface area (Å²) in [6.07, 6.45) is -4.33. The minimum Gasteiger partial charge on any atom is -0.296 e. The van der Waals surface area contributed by atoms with Crippen molar-refractivity contribution in [3.63, 3.8) is 0 Å². The summed E-state index contributed by atoms with van der Waals surface area (Å²) in [4.78, 5) is 22.5. The molecule has 0 aliphatic rings. The van der Waals surface area contributed by atoms with Crippen molar-refractivity contribution in [2.24, 2.45) is 0 Å². The third kappa shape index (κ3) is 2.27. The third-order valence-electron chi connectivity index (χ3n) is 1.53. The van der Waals surface area contributed by atoms with Crippen LogP contribution in [0.2, 0.25) is 0 Å². The largest absolute Gasteiger partial charge is 0.418 e. The summed E-state index contributed by atoms with van der Waals surface area (Å²) in [6.45, 7) is 0. The summed E-state index contributed by atoms with van der Waals surface area (Å²) in [6, 6.07) is 0.275. The Hall–Kier alpha value is -1.99. The number of carbonyl (C=O) groups excluding carboxylic acids is 1. The van der Waals surface area contributed by atoms with Gasteiger partial charge in [0, 0.05) is 12.3 Å². The first kappa shape index (κ1) is 11.1. The second-order valence-electron chi connectivity index (χ2n) is 2.50. The van der Waals surface area contributed by atoms with Crippen LogP contribution in [-0.4, -0.2) is 16.2 Å². The molecule has 0 saturated carbocycles. The zero-order valence-corrected chi connectivity index (χ0v) is 6.99. The molecule has 5 nitrogen and oxygen atoms in total. The van der Waals surface area contributed by atoms with Gasteiger partial charge in [0.25, 0.3) is 5.69 Å². The van der Waals surface area contributed by atoms with Gasteiger partial charge in [0.05, 0.1) is 10.5 Å². The number of nitrogens with zero attached hydrogens (tertiary/aromatic N) is 2. The van der Waals surface area contributed by atoms with E-state index in [4.69, 9.17) is 0 Å². The Morgan fingerprint density at radius 3 is 2.47 bits per heavy atom. The molecule has 0 aliphatic carbocycles.